The van der Waals surface area contributed by atoms with Crippen LogP contribution in [-0.2, 0) is 13.0 Å². The minimum Gasteiger partial charge on any atom is -0.491 e. The molecule has 0 unspecified atom stereocenters. The molecule has 0 fully saturated rings. The van der Waals surface area contributed by atoms with Gasteiger partial charge in [0.1, 0.15) is 5.75 Å². The number of hydrogen-bond donors (Lipinski definition) is 1. The van der Waals surface area contributed by atoms with Crippen molar-refractivity contribution in [2.24, 2.45) is 5.73 Å². The Balaban J connectivity index is 1.79. The summed E-state index contributed by atoms with van der Waals surface area (Å²) in [7, 11) is 0. The Bertz CT molecular complexity index is 570. The van der Waals surface area contributed by atoms with E-state index in [1.165, 1.54) is 5.69 Å². The molecule has 1 aliphatic heterocycles. The molecule has 3 rings (SSSR count). The van der Waals surface area contributed by atoms with Gasteiger partial charge < -0.3 is 15.4 Å². The zero-order valence-corrected chi connectivity index (χ0v) is 12.2. The quantitative estimate of drug-likeness (QED) is 0.939. The molecule has 0 amide bonds. The number of anilines is 1. The highest BCUT2D eigenvalue weighted by Gasteiger charge is 2.17. The number of fused-ring (bicyclic) bond motifs is 1. The predicted molar refractivity (Wildman–Crippen MR) is 82.5 cm³/mol. The number of nitrogens with zero attached hydrogens (tertiary/aromatic N) is 2. The highest BCUT2D eigenvalue weighted by molar-refractivity contribution is 7.09. The first-order chi connectivity index (χ1) is 9.86. The lowest BCUT2D eigenvalue weighted by molar-refractivity contribution is 0.322. The molecule has 0 atom stereocenters. The molecule has 0 saturated heterocycles. The number of para-hydroxylation sites is 2. The number of hydrogen-bond acceptors (Lipinski definition) is 5. The van der Waals surface area contributed by atoms with Gasteiger partial charge in [0.2, 0.25) is 0 Å². The summed E-state index contributed by atoms with van der Waals surface area (Å²) in [4.78, 5) is 7.00. The molecule has 1 aromatic carbocycles. The van der Waals surface area contributed by atoms with Gasteiger partial charge in [0.15, 0.2) is 0 Å². The van der Waals surface area contributed by atoms with Crippen molar-refractivity contribution < 1.29 is 4.74 Å². The van der Waals surface area contributed by atoms with E-state index >= 15 is 0 Å². The van der Waals surface area contributed by atoms with E-state index in [0.29, 0.717) is 6.54 Å². The van der Waals surface area contributed by atoms with Gasteiger partial charge in [-0.1, -0.05) is 12.1 Å². The lowest BCUT2D eigenvalue weighted by Gasteiger charge is -2.22. The summed E-state index contributed by atoms with van der Waals surface area (Å²) in [5.41, 5.74) is 7.86. The molecule has 0 saturated carbocycles. The predicted octanol–water partition coefficient (Wildman–Crippen LogP) is 2.43. The number of rotatable bonds is 4. The lowest BCUT2D eigenvalue weighted by Crippen LogP contribution is -2.23. The van der Waals surface area contributed by atoms with Crippen molar-refractivity contribution in [3.8, 4) is 5.75 Å². The molecule has 5 heteroatoms. The summed E-state index contributed by atoms with van der Waals surface area (Å²) < 4.78 is 5.78. The van der Waals surface area contributed by atoms with E-state index in [-0.39, 0.29) is 0 Å². The Labute approximate surface area is 123 Å². The highest BCUT2D eigenvalue weighted by Crippen LogP contribution is 2.31. The minimum atomic E-state index is 0.660. The maximum atomic E-state index is 5.78. The number of benzene rings is 1. The van der Waals surface area contributed by atoms with Crippen LogP contribution in [0.5, 0.6) is 5.75 Å². The first kappa shape index (κ1) is 13.4. The molecule has 4 nitrogen and oxygen atoms in total. The molecule has 0 bridgehead atoms. The molecular formula is C15H19N3OS. The third kappa shape index (κ3) is 2.94. The largest absolute Gasteiger partial charge is 0.491 e. The van der Waals surface area contributed by atoms with Crippen molar-refractivity contribution in [1.82, 2.24) is 4.98 Å². The van der Waals surface area contributed by atoms with Crippen LogP contribution in [0.25, 0.3) is 0 Å². The standard InChI is InChI=1S/C15H19N3OS/c16-7-6-15-17-12(11-20-15)10-18-8-3-9-19-14-5-2-1-4-13(14)18/h1-2,4-5,11H,3,6-10,16H2. The van der Waals surface area contributed by atoms with E-state index in [1.807, 2.05) is 12.1 Å². The van der Waals surface area contributed by atoms with Gasteiger partial charge in [0.25, 0.3) is 0 Å². The van der Waals surface area contributed by atoms with Crippen LogP contribution in [0.15, 0.2) is 29.6 Å². The Morgan fingerprint density at radius 3 is 3.15 bits per heavy atom. The van der Waals surface area contributed by atoms with Gasteiger partial charge in [0.05, 0.1) is 29.5 Å². The molecule has 1 aliphatic rings. The Morgan fingerprint density at radius 1 is 1.35 bits per heavy atom. The van der Waals surface area contributed by atoms with E-state index in [1.54, 1.807) is 11.3 Å². The molecule has 0 spiro atoms. The Kier molecular flexibility index (Phi) is 4.18. The van der Waals surface area contributed by atoms with Gasteiger partial charge in [-0.15, -0.1) is 11.3 Å². The van der Waals surface area contributed by atoms with Gasteiger partial charge >= 0.3 is 0 Å². The second-order valence-electron chi connectivity index (χ2n) is 4.86. The van der Waals surface area contributed by atoms with Crippen molar-refractivity contribution in [2.75, 3.05) is 24.6 Å². The maximum absolute atomic E-state index is 5.78. The molecule has 2 N–H and O–H groups in total. The third-order valence-electron chi connectivity index (χ3n) is 3.35. The average molecular weight is 289 g/mol. The van der Waals surface area contributed by atoms with Crippen LogP contribution in [-0.4, -0.2) is 24.7 Å². The summed E-state index contributed by atoms with van der Waals surface area (Å²) in [6.45, 7) is 3.28. The fraction of sp³-hybridized carbons (Fsp3) is 0.400. The number of thiazole rings is 1. The number of aromatic nitrogens is 1. The van der Waals surface area contributed by atoms with E-state index in [9.17, 15) is 0 Å². The average Bonchev–Trinajstić information content (AvgIpc) is 2.80. The SMILES string of the molecule is NCCc1nc(CN2CCCOc3ccccc32)cs1. The molecule has 2 heterocycles. The Morgan fingerprint density at radius 2 is 2.25 bits per heavy atom. The van der Waals surface area contributed by atoms with Crippen LogP contribution in [0.2, 0.25) is 0 Å². The zero-order valence-electron chi connectivity index (χ0n) is 11.4. The van der Waals surface area contributed by atoms with E-state index in [2.05, 4.69) is 27.4 Å². The van der Waals surface area contributed by atoms with E-state index in [4.69, 9.17) is 10.5 Å². The monoisotopic (exact) mass is 289 g/mol. The molecule has 106 valence electrons. The summed E-state index contributed by atoms with van der Waals surface area (Å²) in [5, 5.41) is 3.26. The first-order valence-corrected chi connectivity index (χ1v) is 7.85. The van der Waals surface area contributed by atoms with Crippen LogP contribution in [0.4, 0.5) is 5.69 Å². The number of ether oxygens (including phenoxy) is 1. The molecule has 2 aromatic rings. The second kappa shape index (κ2) is 6.24. The van der Waals surface area contributed by atoms with E-state index in [0.717, 1.165) is 49.0 Å². The van der Waals surface area contributed by atoms with Crippen molar-refractivity contribution in [3.05, 3.63) is 40.3 Å². The van der Waals surface area contributed by atoms with Gasteiger partial charge in [-0.3, -0.25) is 0 Å². The molecule has 20 heavy (non-hydrogen) atoms. The number of nitrogens with two attached hydrogens (primary N) is 1. The highest BCUT2D eigenvalue weighted by atomic mass is 32.1. The van der Waals surface area contributed by atoms with Crippen molar-refractivity contribution >= 4 is 17.0 Å². The Hall–Kier alpha value is -1.59. The molecule has 1 aromatic heterocycles. The second-order valence-corrected chi connectivity index (χ2v) is 5.81. The molecule has 0 radical (unpaired) electrons. The van der Waals surface area contributed by atoms with Crippen LogP contribution in [0.1, 0.15) is 17.1 Å². The van der Waals surface area contributed by atoms with Gasteiger partial charge in [0, 0.05) is 18.3 Å². The third-order valence-corrected chi connectivity index (χ3v) is 4.30. The van der Waals surface area contributed by atoms with Crippen LogP contribution in [0, 0.1) is 0 Å². The fourth-order valence-electron chi connectivity index (χ4n) is 2.42. The van der Waals surface area contributed by atoms with Gasteiger partial charge in [-0.25, -0.2) is 4.98 Å². The normalized spacial score (nSPS) is 14.6. The van der Waals surface area contributed by atoms with Crippen molar-refractivity contribution in [2.45, 2.75) is 19.4 Å². The summed E-state index contributed by atoms with van der Waals surface area (Å²) >= 11 is 1.70. The minimum absolute atomic E-state index is 0.660. The van der Waals surface area contributed by atoms with Crippen LogP contribution >= 0.6 is 11.3 Å². The lowest BCUT2D eigenvalue weighted by atomic mass is 10.2. The van der Waals surface area contributed by atoms with Gasteiger partial charge in [-0.05, 0) is 25.1 Å². The molecule has 0 aliphatic carbocycles. The van der Waals surface area contributed by atoms with Crippen LogP contribution < -0.4 is 15.4 Å². The van der Waals surface area contributed by atoms with Crippen molar-refractivity contribution in [3.63, 3.8) is 0 Å². The van der Waals surface area contributed by atoms with Gasteiger partial charge in [-0.2, -0.15) is 0 Å². The topological polar surface area (TPSA) is 51.4 Å². The summed E-state index contributed by atoms with van der Waals surface area (Å²) in [6.07, 6.45) is 1.90. The fourth-order valence-corrected chi connectivity index (χ4v) is 3.22. The van der Waals surface area contributed by atoms with E-state index < -0.39 is 0 Å². The first-order valence-electron chi connectivity index (χ1n) is 6.97. The maximum Gasteiger partial charge on any atom is 0.142 e. The summed E-state index contributed by atoms with van der Waals surface area (Å²) in [5.74, 6) is 0.974. The van der Waals surface area contributed by atoms with Crippen molar-refractivity contribution in [1.29, 1.82) is 0 Å². The van der Waals surface area contributed by atoms with Crippen LogP contribution in [0.3, 0.4) is 0 Å². The summed E-state index contributed by atoms with van der Waals surface area (Å²) in [6, 6.07) is 8.23. The zero-order chi connectivity index (χ0) is 13.8. The molecular weight excluding hydrogens is 270 g/mol. The smallest absolute Gasteiger partial charge is 0.142 e.